The Bertz CT molecular complexity index is 616. The predicted molar refractivity (Wildman–Crippen MR) is 81.4 cm³/mol. The van der Waals surface area contributed by atoms with Crippen molar-refractivity contribution >= 4 is 21.4 Å². The van der Waals surface area contributed by atoms with Crippen LogP contribution >= 0.6 is 0 Å². The molecule has 0 saturated carbocycles. The van der Waals surface area contributed by atoms with Gasteiger partial charge in [0.25, 0.3) is 5.69 Å². The molecule has 0 aliphatic heterocycles. The molecule has 0 heterocycles. The third-order valence-electron chi connectivity index (χ3n) is 3.28. The molecule has 1 aromatic carbocycles. The summed E-state index contributed by atoms with van der Waals surface area (Å²) < 4.78 is 27.1. The Hall–Kier alpha value is -1.67. The fraction of sp³-hybridized carbons (Fsp3) is 0.538. The summed E-state index contributed by atoms with van der Waals surface area (Å²) in [5.41, 5.74) is 5.11. The van der Waals surface area contributed by atoms with Crippen LogP contribution in [0, 0.1) is 16.0 Å². The number of nitrogens with one attached hydrogen (secondary N) is 1. The molecule has 2 unspecified atom stereocenters. The lowest BCUT2D eigenvalue weighted by Gasteiger charge is -2.17. The van der Waals surface area contributed by atoms with Crippen molar-refractivity contribution in [1.82, 2.24) is 4.72 Å². The number of nitro groups is 1. The fourth-order valence-corrected chi connectivity index (χ4v) is 3.46. The van der Waals surface area contributed by atoms with E-state index < -0.39 is 20.6 Å². The average Bonchev–Trinajstić information content (AvgIpc) is 2.37. The van der Waals surface area contributed by atoms with Crippen molar-refractivity contribution in [2.45, 2.75) is 44.6 Å². The Balaban J connectivity index is 3.06. The van der Waals surface area contributed by atoms with Crippen LogP contribution in [0.15, 0.2) is 23.1 Å². The number of sulfonamides is 1. The molecule has 0 aliphatic rings. The van der Waals surface area contributed by atoms with E-state index in [0.29, 0.717) is 12.3 Å². The number of hydrogen-bond donors (Lipinski definition) is 2. The summed E-state index contributed by atoms with van der Waals surface area (Å²) in [7, 11) is -3.95. The molecule has 0 aromatic heterocycles. The quantitative estimate of drug-likeness (QED) is 0.455. The Morgan fingerprint density at radius 1 is 1.38 bits per heavy atom. The first-order valence-electron chi connectivity index (χ1n) is 6.73. The smallest absolute Gasteiger partial charge is 0.291 e. The predicted octanol–water partition coefficient (Wildman–Crippen LogP) is 2.28. The Morgan fingerprint density at radius 3 is 2.52 bits per heavy atom. The lowest BCUT2D eigenvalue weighted by molar-refractivity contribution is -0.387. The molecule has 0 fully saturated rings. The second-order valence-corrected chi connectivity index (χ2v) is 6.94. The molecule has 1 rings (SSSR count). The summed E-state index contributed by atoms with van der Waals surface area (Å²) in [6, 6.07) is 3.24. The third-order valence-corrected chi connectivity index (χ3v) is 4.92. The molecule has 8 heteroatoms. The summed E-state index contributed by atoms with van der Waals surface area (Å²) in [4.78, 5) is 9.88. The highest BCUT2D eigenvalue weighted by Gasteiger charge is 2.27. The summed E-state index contributed by atoms with van der Waals surface area (Å²) in [6.45, 7) is 5.79. The van der Waals surface area contributed by atoms with Crippen LogP contribution in [0.2, 0.25) is 0 Å². The topological polar surface area (TPSA) is 115 Å². The molecular formula is C13H21N3O4S. The Kier molecular flexibility index (Phi) is 5.68. The van der Waals surface area contributed by atoms with E-state index in [9.17, 15) is 18.5 Å². The van der Waals surface area contributed by atoms with Gasteiger partial charge in [0.1, 0.15) is 0 Å². The van der Waals surface area contributed by atoms with Crippen molar-refractivity contribution in [3.8, 4) is 0 Å². The van der Waals surface area contributed by atoms with Crippen molar-refractivity contribution in [2.24, 2.45) is 5.92 Å². The average molecular weight is 315 g/mol. The van der Waals surface area contributed by atoms with E-state index >= 15 is 0 Å². The van der Waals surface area contributed by atoms with E-state index in [2.05, 4.69) is 4.72 Å². The first-order valence-corrected chi connectivity index (χ1v) is 8.22. The van der Waals surface area contributed by atoms with E-state index in [1.807, 2.05) is 13.8 Å². The summed E-state index contributed by atoms with van der Waals surface area (Å²) >= 11 is 0. The van der Waals surface area contributed by atoms with E-state index in [1.54, 1.807) is 6.92 Å². The van der Waals surface area contributed by atoms with Crippen molar-refractivity contribution in [3.63, 3.8) is 0 Å². The molecule has 0 aliphatic carbocycles. The zero-order valence-electron chi connectivity index (χ0n) is 12.4. The fourth-order valence-electron chi connectivity index (χ4n) is 2.05. The standard InChI is InChI=1S/C13H21N3O4S/c1-4-9(2)7-10(3)15-21(19,20)13-6-5-11(14)8-12(13)16(17)18/h5-6,8-10,15H,4,7,14H2,1-3H3. The maximum Gasteiger partial charge on any atom is 0.291 e. The minimum absolute atomic E-state index is 0.147. The van der Waals surface area contributed by atoms with Crippen LogP contribution in [0.25, 0.3) is 0 Å². The van der Waals surface area contributed by atoms with Crippen LogP contribution in [0.1, 0.15) is 33.6 Å². The molecule has 0 amide bonds. The molecule has 7 nitrogen and oxygen atoms in total. The monoisotopic (exact) mass is 315 g/mol. The summed E-state index contributed by atoms with van der Waals surface area (Å²) in [5, 5.41) is 11.0. The van der Waals surface area contributed by atoms with Crippen LogP contribution in [0.3, 0.4) is 0 Å². The van der Waals surface area contributed by atoms with Gasteiger partial charge in [-0.15, -0.1) is 0 Å². The van der Waals surface area contributed by atoms with Gasteiger partial charge in [-0.05, 0) is 31.4 Å². The largest absolute Gasteiger partial charge is 0.399 e. The molecule has 2 atom stereocenters. The van der Waals surface area contributed by atoms with Gasteiger partial charge in [0.05, 0.1) is 4.92 Å². The maximum absolute atomic E-state index is 12.3. The van der Waals surface area contributed by atoms with Crippen LogP contribution in [0.5, 0.6) is 0 Å². The van der Waals surface area contributed by atoms with Gasteiger partial charge in [0.15, 0.2) is 4.90 Å². The van der Waals surface area contributed by atoms with E-state index in [0.717, 1.165) is 18.6 Å². The molecule has 0 bridgehead atoms. The molecule has 0 spiro atoms. The maximum atomic E-state index is 12.3. The van der Waals surface area contributed by atoms with E-state index in [-0.39, 0.29) is 16.6 Å². The van der Waals surface area contributed by atoms with Gasteiger partial charge in [-0.3, -0.25) is 10.1 Å². The third kappa shape index (κ3) is 4.68. The van der Waals surface area contributed by atoms with Crippen molar-refractivity contribution in [3.05, 3.63) is 28.3 Å². The summed E-state index contributed by atoms with van der Waals surface area (Å²) in [5.74, 6) is 0.365. The van der Waals surface area contributed by atoms with Gasteiger partial charge in [-0.2, -0.15) is 0 Å². The van der Waals surface area contributed by atoms with Gasteiger partial charge >= 0.3 is 0 Å². The number of nitro benzene ring substituents is 1. The lowest BCUT2D eigenvalue weighted by atomic mass is 10.0. The Morgan fingerprint density at radius 2 is 2.00 bits per heavy atom. The van der Waals surface area contributed by atoms with Gasteiger partial charge < -0.3 is 5.73 Å². The Labute approximate surface area is 124 Å². The number of nitrogen functional groups attached to an aromatic ring is 1. The first-order chi connectivity index (χ1) is 9.67. The van der Waals surface area contributed by atoms with Crippen LogP contribution in [-0.4, -0.2) is 19.4 Å². The number of nitrogens with two attached hydrogens (primary N) is 1. The number of anilines is 1. The second kappa shape index (κ2) is 6.86. The minimum atomic E-state index is -3.95. The number of rotatable bonds is 7. The number of nitrogens with zero attached hydrogens (tertiary/aromatic N) is 1. The van der Waals surface area contributed by atoms with Crippen molar-refractivity contribution in [2.75, 3.05) is 5.73 Å². The van der Waals surface area contributed by atoms with Gasteiger partial charge in [0.2, 0.25) is 10.0 Å². The van der Waals surface area contributed by atoms with E-state index in [1.165, 1.54) is 6.07 Å². The highest BCUT2D eigenvalue weighted by atomic mass is 32.2. The van der Waals surface area contributed by atoms with Crippen molar-refractivity contribution < 1.29 is 13.3 Å². The highest BCUT2D eigenvalue weighted by molar-refractivity contribution is 7.89. The molecular weight excluding hydrogens is 294 g/mol. The van der Waals surface area contributed by atoms with Crippen LogP contribution in [0.4, 0.5) is 11.4 Å². The molecule has 0 radical (unpaired) electrons. The van der Waals surface area contributed by atoms with Crippen molar-refractivity contribution in [1.29, 1.82) is 0 Å². The van der Waals surface area contributed by atoms with Gasteiger partial charge in [-0.25, -0.2) is 13.1 Å². The number of hydrogen-bond acceptors (Lipinski definition) is 5. The van der Waals surface area contributed by atoms with Crippen LogP contribution < -0.4 is 10.5 Å². The lowest BCUT2D eigenvalue weighted by Crippen LogP contribution is -2.34. The zero-order valence-corrected chi connectivity index (χ0v) is 13.2. The zero-order chi connectivity index (χ0) is 16.2. The second-order valence-electron chi connectivity index (χ2n) is 5.26. The molecule has 1 aromatic rings. The van der Waals surface area contributed by atoms with Gasteiger partial charge in [-0.1, -0.05) is 20.3 Å². The SMILES string of the molecule is CCC(C)CC(C)NS(=O)(=O)c1ccc(N)cc1[N+](=O)[O-]. The van der Waals surface area contributed by atoms with Gasteiger partial charge in [0, 0.05) is 17.8 Å². The molecule has 21 heavy (non-hydrogen) atoms. The molecule has 0 saturated heterocycles. The van der Waals surface area contributed by atoms with E-state index in [4.69, 9.17) is 5.73 Å². The normalized spacial score (nSPS) is 14.6. The number of benzene rings is 1. The van der Waals surface area contributed by atoms with Crippen LogP contribution in [-0.2, 0) is 10.0 Å². The first kappa shape index (κ1) is 17.4. The summed E-state index contributed by atoms with van der Waals surface area (Å²) in [6.07, 6.45) is 1.60. The minimum Gasteiger partial charge on any atom is -0.399 e. The molecule has 3 N–H and O–H groups in total. The molecule has 118 valence electrons. The highest BCUT2D eigenvalue weighted by Crippen LogP contribution is 2.26.